The van der Waals surface area contributed by atoms with Crippen molar-refractivity contribution in [3.8, 4) is 0 Å². The Morgan fingerprint density at radius 3 is 1.68 bits per heavy atom. The van der Waals surface area contributed by atoms with Gasteiger partial charge in [0, 0.05) is 21.4 Å². The van der Waals surface area contributed by atoms with Crippen molar-refractivity contribution < 1.29 is 4.39 Å². The van der Waals surface area contributed by atoms with E-state index in [1.165, 1.54) is 12.1 Å². The third-order valence-corrected chi connectivity index (χ3v) is 3.37. The summed E-state index contributed by atoms with van der Waals surface area (Å²) >= 11 is 3.44. The van der Waals surface area contributed by atoms with E-state index < -0.39 is 0 Å². The van der Waals surface area contributed by atoms with Crippen LogP contribution in [0.15, 0.2) is 53.0 Å². The van der Waals surface area contributed by atoms with Gasteiger partial charge in [0.2, 0.25) is 0 Å². The molecule has 0 radical (unpaired) electrons. The minimum absolute atomic E-state index is 0.0916. The highest BCUT2D eigenvalue weighted by Crippen LogP contribution is 2.33. The van der Waals surface area contributed by atoms with Crippen LogP contribution in [0.25, 0.3) is 0 Å². The first kappa shape index (κ1) is 14.1. The molecule has 0 aliphatic carbocycles. The van der Waals surface area contributed by atoms with Crippen LogP contribution in [-0.2, 0) is 0 Å². The Morgan fingerprint density at radius 2 is 1.26 bits per heavy atom. The van der Waals surface area contributed by atoms with Crippen LogP contribution < -0.4 is 4.90 Å². The lowest BCUT2D eigenvalue weighted by Gasteiger charge is -2.38. The first-order valence-electron chi connectivity index (χ1n) is 6.19. The molecule has 0 aromatic heterocycles. The van der Waals surface area contributed by atoms with Crippen molar-refractivity contribution in [1.29, 1.82) is 0 Å². The zero-order valence-electron chi connectivity index (χ0n) is 11.3. The average Bonchev–Trinajstić information content (AvgIpc) is 2.33. The number of anilines is 2. The minimum Gasteiger partial charge on any atom is -0.336 e. The third kappa shape index (κ3) is 3.35. The fourth-order valence-corrected chi connectivity index (χ4v) is 2.37. The van der Waals surface area contributed by atoms with Crippen LogP contribution in [0.5, 0.6) is 0 Å². The molecule has 0 aliphatic heterocycles. The highest BCUT2D eigenvalue weighted by Gasteiger charge is 2.23. The zero-order valence-corrected chi connectivity index (χ0v) is 12.9. The smallest absolute Gasteiger partial charge is 0.123 e. The largest absolute Gasteiger partial charge is 0.336 e. The van der Waals surface area contributed by atoms with E-state index in [1.807, 2.05) is 24.3 Å². The summed E-state index contributed by atoms with van der Waals surface area (Å²) in [5.41, 5.74) is 1.98. The Morgan fingerprint density at radius 1 is 0.842 bits per heavy atom. The van der Waals surface area contributed by atoms with Gasteiger partial charge in [-0.1, -0.05) is 15.9 Å². The summed E-state index contributed by atoms with van der Waals surface area (Å²) in [6.07, 6.45) is 0. The molecule has 0 saturated heterocycles. The normalized spacial score (nSPS) is 11.4. The molecule has 0 amide bonds. The molecule has 0 N–H and O–H groups in total. The summed E-state index contributed by atoms with van der Waals surface area (Å²) in [5.74, 6) is -0.214. The highest BCUT2D eigenvalue weighted by atomic mass is 79.9. The molecule has 0 bridgehead atoms. The summed E-state index contributed by atoms with van der Waals surface area (Å²) in [7, 11) is 0. The van der Waals surface area contributed by atoms with Crippen molar-refractivity contribution in [2.24, 2.45) is 0 Å². The quantitative estimate of drug-likeness (QED) is 0.703. The molecule has 2 aromatic carbocycles. The van der Waals surface area contributed by atoms with Gasteiger partial charge in [0.15, 0.2) is 0 Å². The van der Waals surface area contributed by atoms with Gasteiger partial charge in [0.25, 0.3) is 0 Å². The molecule has 0 unspecified atom stereocenters. The number of rotatable bonds is 2. The molecule has 0 fully saturated rings. The van der Waals surface area contributed by atoms with Gasteiger partial charge >= 0.3 is 0 Å². The van der Waals surface area contributed by atoms with Gasteiger partial charge in [-0.05, 0) is 69.3 Å². The Hall–Kier alpha value is -1.35. The molecule has 100 valence electrons. The molecule has 1 nitrogen and oxygen atoms in total. The lowest BCUT2D eigenvalue weighted by atomic mass is 10.0. The lowest BCUT2D eigenvalue weighted by Crippen LogP contribution is -2.37. The SMILES string of the molecule is CC(C)(C)N(c1ccc(F)cc1)c1ccc(Br)cc1. The van der Waals surface area contributed by atoms with Crippen molar-refractivity contribution in [3.63, 3.8) is 0 Å². The van der Waals surface area contributed by atoms with Gasteiger partial charge in [0.1, 0.15) is 5.82 Å². The number of hydrogen-bond acceptors (Lipinski definition) is 1. The first-order valence-corrected chi connectivity index (χ1v) is 6.98. The van der Waals surface area contributed by atoms with Crippen molar-refractivity contribution in [2.45, 2.75) is 26.3 Å². The van der Waals surface area contributed by atoms with E-state index in [0.717, 1.165) is 15.8 Å². The molecule has 0 saturated carbocycles. The van der Waals surface area contributed by atoms with Crippen molar-refractivity contribution in [1.82, 2.24) is 0 Å². The highest BCUT2D eigenvalue weighted by molar-refractivity contribution is 9.10. The van der Waals surface area contributed by atoms with Crippen LogP contribution in [0.1, 0.15) is 20.8 Å². The molecule has 0 aliphatic rings. The summed E-state index contributed by atoms with van der Waals surface area (Å²) in [4.78, 5) is 2.19. The van der Waals surface area contributed by atoms with E-state index in [9.17, 15) is 4.39 Å². The number of halogens is 2. The van der Waals surface area contributed by atoms with E-state index in [4.69, 9.17) is 0 Å². The van der Waals surface area contributed by atoms with E-state index in [-0.39, 0.29) is 11.4 Å². The predicted molar refractivity (Wildman–Crippen MR) is 82.4 cm³/mol. The van der Waals surface area contributed by atoms with Crippen LogP contribution in [0.2, 0.25) is 0 Å². The second kappa shape index (κ2) is 5.33. The van der Waals surface area contributed by atoms with E-state index >= 15 is 0 Å². The fraction of sp³-hybridized carbons (Fsp3) is 0.250. The van der Waals surface area contributed by atoms with Gasteiger partial charge in [0.05, 0.1) is 0 Å². The zero-order chi connectivity index (χ0) is 14.0. The van der Waals surface area contributed by atoms with Gasteiger partial charge in [-0.2, -0.15) is 0 Å². The Kier molecular flexibility index (Phi) is 3.95. The molecule has 19 heavy (non-hydrogen) atoms. The molecular weight excluding hydrogens is 305 g/mol. The number of benzene rings is 2. The summed E-state index contributed by atoms with van der Waals surface area (Å²) in [5, 5.41) is 0. The molecular formula is C16H17BrFN. The van der Waals surface area contributed by atoms with Crippen molar-refractivity contribution >= 4 is 27.3 Å². The van der Waals surface area contributed by atoms with E-state index in [0.29, 0.717) is 0 Å². The topological polar surface area (TPSA) is 3.24 Å². The van der Waals surface area contributed by atoms with Crippen LogP contribution >= 0.6 is 15.9 Å². The molecule has 2 rings (SSSR count). The second-order valence-electron chi connectivity index (χ2n) is 5.46. The monoisotopic (exact) mass is 321 g/mol. The first-order chi connectivity index (χ1) is 8.88. The van der Waals surface area contributed by atoms with Crippen molar-refractivity contribution in [3.05, 3.63) is 58.8 Å². The van der Waals surface area contributed by atoms with Gasteiger partial charge < -0.3 is 4.90 Å². The maximum Gasteiger partial charge on any atom is 0.123 e. The average molecular weight is 322 g/mol. The fourth-order valence-electron chi connectivity index (χ4n) is 2.10. The van der Waals surface area contributed by atoms with Crippen LogP contribution in [0, 0.1) is 5.82 Å². The van der Waals surface area contributed by atoms with Crippen molar-refractivity contribution in [2.75, 3.05) is 4.90 Å². The number of hydrogen-bond donors (Lipinski definition) is 0. The van der Waals surface area contributed by atoms with Gasteiger partial charge in [-0.3, -0.25) is 0 Å². The molecule has 3 heteroatoms. The predicted octanol–water partition coefficient (Wildman–Crippen LogP) is 5.52. The van der Waals surface area contributed by atoms with Crippen LogP contribution in [0.4, 0.5) is 15.8 Å². The van der Waals surface area contributed by atoms with E-state index in [1.54, 1.807) is 0 Å². The number of nitrogens with zero attached hydrogens (tertiary/aromatic N) is 1. The van der Waals surface area contributed by atoms with E-state index in [2.05, 4.69) is 53.7 Å². The summed E-state index contributed by atoms with van der Waals surface area (Å²) in [6, 6.07) is 14.7. The Bertz CT molecular complexity index is 495. The second-order valence-corrected chi connectivity index (χ2v) is 6.37. The molecule has 2 aromatic rings. The maximum absolute atomic E-state index is 13.1. The molecule has 0 heterocycles. The Labute approximate surface area is 122 Å². The molecule has 0 spiro atoms. The summed E-state index contributed by atoms with van der Waals surface area (Å²) in [6.45, 7) is 6.41. The summed E-state index contributed by atoms with van der Waals surface area (Å²) < 4.78 is 14.1. The Balaban J connectivity index is 2.47. The lowest BCUT2D eigenvalue weighted by molar-refractivity contribution is 0.559. The maximum atomic E-state index is 13.1. The molecule has 0 atom stereocenters. The third-order valence-electron chi connectivity index (χ3n) is 2.84. The standard InChI is InChI=1S/C16H17BrFN/c1-16(2,3)19(14-8-4-12(17)5-9-14)15-10-6-13(18)7-11-15/h4-11H,1-3H3. The minimum atomic E-state index is -0.214. The van der Waals surface area contributed by atoms with Gasteiger partial charge in [-0.25, -0.2) is 4.39 Å². The van der Waals surface area contributed by atoms with Crippen LogP contribution in [-0.4, -0.2) is 5.54 Å². The van der Waals surface area contributed by atoms with Crippen LogP contribution in [0.3, 0.4) is 0 Å². The van der Waals surface area contributed by atoms with Gasteiger partial charge in [-0.15, -0.1) is 0 Å².